The van der Waals surface area contributed by atoms with Gasteiger partial charge in [0.25, 0.3) is 0 Å². The number of hydrogen-bond donors (Lipinski definition) is 0. The number of imide groups is 1. The number of para-hydroxylation sites is 1. The summed E-state index contributed by atoms with van der Waals surface area (Å²) in [4.78, 5) is 27.5. The molecule has 0 N–H and O–H groups in total. The number of anilines is 1. The van der Waals surface area contributed by atoms with Gasteiger partial charge in [-0.3, -0.25) is 9.59 Å². The highest BCUT2D eigenvalue weighted by molar-refractivity contribution is 6.24. The Bertz CT molecular complexity index is 694. The lowest BCUT2D eigenvalue weighted by molar-refractivity contribution is -0.134. The van der Waals surface area contributed by atoms with Crippen LogP contribution in [-0.2, 0) is 9.59 Å². The van der Waals surface area contributed by atoms with Crippen LogP contribution in [0.1, 0.15) is 13.3 Å². The summed E-state index contributed by atoms with van der Waals surface area (Å²) >= 11 is 0. The minimum atomic E-state index is -0.524. The Labute approximate surface area is 123 Å². The number of amides is 2. The lowest BCUT2D eigenvalue weighted by atomic mass is 9.55. The number of carbonyl (C=O) groups is 2. The second kappa shape index (κ2) is 3.46. The van der Waals surface area contributed by atoms with E-state index in [1.807, 2.05) is 37.3 Å². The van der Waals surface area contributed by atoms with E-state index in [2.05, 4.69) is 12.2 Å². The number of allylic oxidation sites excluding steroid dienone is 2. The summed E-state index contributed by atoms with van der Waals surface area (Å²) in [5, 5.41) is 0. The van der Waals surface area contributed by atoms with Crippen molar-refractivity contribution < 1.29 is 9.59 Å². The molecule has 6 atom stereocenters. The zero-order valence-electron chi connectivity index (χ0n) is 11.9. The van der Waals surface area contributed by atoms with Crippen molar-refractivity contribution in [1.82, 2.24) is 0 Å². The third kappa shape index (κ3) is 1.18. The van der Waals surface area contributed by atoms with Crippen molar-refractivity contribution in [2.24, 2.45) is 35.0 Å². The molecule has 5 aliphatic rings. The van der Waals surface area contributed by atoms with Gasteiger partial charge in [-0.25, -0.2) is 4.90 Å². The van der Waals surface area contributed by atoms with Gasteiger partial charge in [0, 0.05) is 0 Å². The fourth-order valence-electron chi connectivity index (χ4n) is 5.23. The van der Waals surface area contributed by atoms with Gasteiger partial charge in [0.15, 0.2) is 0 Å². The average Bonchev–Trinajstić information content (AvgIpc) is 3.26. The van der Waals surface area contributed by atoms with Crippen LogP contribution in [0.5, 0.6) is 0 Å². The summed E-state index contributed by atoms with van der Waals surface area (Å²) in [6, 6.07) is 9.37. The van der Waals surface area contributed by atoms with E-state index in [9.17, 15) is 9.59 Å². The number of rotatable bonds is 1. The van der Waals surface area contributed by atoms with E-state index in [1.54, 1.807) is 0 Å². The molecule has 2 saturated carbocycles. The van der Waals surface area contributed by atoms with Gasteiger partial charge in [0.1, 0.15) is 0 Å². The highest BCUT2D eigenvalue weighted by Crippen LogP contribution is 2.70. The van der Waals surface area contributed by atoms with E-state index in [0.29, 0.717) is 11.8 Å². The molecule has 3 fully saturated rings. The Morgan fingerprint density at radius 3 is 2.62 bits per heavy atom. The molecule has 6 rings (SSSR count). The number of carbonyl (C=O) groups excluding carboxylic acids is 2. The van der Waals surface area contributed by atoms with E-state index in [4.69, 9.17) is 0 Å². The fourth-order valence-corrected chi connectivity index (χ4v) is 5.23. The summed E-state index contributed by atoms with van der Waals surface area (Å²) in [5.74, 6) is 1.67. The first-order chi connectivity index (χ1) is 10.1. The third-order valence-electron chi connectivity index (χ3n) is 6.28. The molecule has 3 heteroatoms. The van der Waals surface area contributed by atoms with Crippen molar-refractivity contribution >= 4 is 17.5 Å². The van der Waals surface area contributed by atoms with Gasteiger partial charge < -0.3 is 0 Å². The van der Waals surface area contributed by atoms with Crippen LogP contribution in [0.15, 0.2) is 42.5 Å². The lowest BCUT2D eigenvalue weighted by Crippen LogP contribution is -2.49. The standard InChI is InChI=1S/C18H17NO2/c1-18-14-8-7-11(12-9-13(12)14)15(18)16(20)19(17(18)21)10-5-3-2-4-6-10/h2-8,11-15H,9H2,1H3/t11-,12-,13+,14-,15-,18+/m0/s1. The lowest BCUT2D eigenvalue weighted by Gasteiger charge is -2.45. The Morgan fingerprint density at radius 1 is 1.10 bits per heavy atom. The van der Waals surface area contributed by atoms with Crippen molar-refractivity contribution in [3.8, 4) is 0 Å². The molecule has 1 heterocycles. The molecule has 106 valence electrons. The minimum absolute atomic E-state index is 0.00778. The molecule has 21 heavy (non-hydrogen) atoms. The average molecular weight is 279 g/mol. The van der Waals surface area contributed by atoms with Gasteiger partial charge in [-0.1, -0.05) is 30.4 Å². The van der Waals surface area contributed by atoms with E-state index in [0.717, 1.165) is 5.69 Å². The molecule has 0 aromatic heterocycles. The molecule has 1 aromatic rings. The molecule has 1 aromatic carbocycles. The number of nitrogens with zero attached hydrogens (tertiary/aromatic N) is 1. The predicted molar refractivity (Wildman–Crippen MR) is 78.2 cm³/mol. The number of hydrogen-bond acceptors (Lipinski definition) is 2. The second-order valence-corrected chi connectivity index (χ2v) is 7.13. The van der Waals surface area contributed by atoms with Crippen LogP contribution in [0.3, 0.4) is 0 Å². The first-order valence-electron chi connectivity index (χ1n) is 7.76. The third-order valence-corrected chi connectivity index (χ3v) is 6.28. The quantitative estimate of drug-likeness (QED) is 0.585. The maximum atomic E-state index is 13.1. The molecule has 2 amide bonds. The van der Waals surface area contributed by atoms with Gasteiger partial charge >= 0.3 is 0 Å². The molecule has 0 radical (unpaired) electrons. The molecule has 4 aliphatic carbocycles. The first-order valence-corrected chi connectivity index (χ1v) is 7.76. The van der Waals surface area contributed by atoms with Crippen molar-refractivity contribution in [1.29, 1.82) is 0 Å². The van der Waals surface area contributed by atoms with Crippen LogP contribution in [0, 0.1) is 35.0 Å². The minimum Gasteiger partial charge on any atom is -0.274 e. The van der Waals surface area contributed by atoms with Gasteiger partial charge in [-0.05, 0) is 49.1 Å². The van der Waals surface area contributed by atoms with Gasteiger partial charge in [0.05, 0.1) is 17.0 Å². The summed E-state index contributed by atoms with van der Waals surface area (Å²) in [6.45, 7) is 2.02. The molecule has 0 unspecified atom stereocenters. The molecular weight excluding hydrogens is 262 g/mol. The predicted octanol–water partition coefficient (Wildman–Crippen LogP) is 2.63. The number of benzene rings is 1. The Kier molecular flexibility index (Phi) is 1.93. The van der Waals surface area contributed by atoms with Crippen LogP contribution in [0.2, 0.25) is 0 Å². The fraction of sp³-hybridized carbons (Fsp3) is 0.444. The second-order valence-electron chi connectivity index (χ2n) is 7.13. The van der Waals surface area contributed by atoms with Crippen molar-refractivity contribution in [3.63, 3.8) is 0 Å². The van der Waals surface area contributed by atoms with Crippen LogP contribution >= 0.6 is 0 Å². The van der Waals surface area contributed by atoms with Gasteiger partial charge in [0.2, 0.25) is 11.8 Å². The summed E-state index contributed by atoms with van der Waals surface area (Å²) in [5.41, 5.74) is 0.195. The van der Waals surface area contributed by atoms with Crippen LogP contribution in [-0.4, -0.2) is 11.8 Å². The van der Waals surface area contributed by atoms with Gasteiger partial charge in [-0.2, -0.15) is 0 Å². The maximum absolute atomic E-state index is 13.1. The van der Waals surface area contributed by atoms with E-state index < -0.39 is 5.41 Å². The highest BCUT2D eigenvalue weighted by atomic mass is 16.2. The summed E-state index contributed by atoms with van der Waals surface area (Å²) in [7, 11) is 0. The van der Waals surface area contributed by atoms with E-state index in [1.165, 1.54) is 11.3 Å². The molecular formula is C18H17NO2. The largest absolute Gasteiger partial charge is 0.274 e. The van der Waals surface area contributed by atoms with Crippen molar-refractivity contribution in [2.75, 3.05) is 4.90 Å². The first kappa shape index (κ1) is 11.7. The highest BCUT2D eigenvalue weighted by Gasteiger charge is 2.72. The van der Waals surface area contributed by atoms with Crippen LogP contribution in [0.4, 0.5) is 5.69 Å². The molecule has 1 saturated heterocycles. The molecule has 3 nitrogen and oxygen atoms in total. The normalized spacial score (nSPS) is 45.8. The Hall–Kier alpha value is -1.90. The van der Waals surface area contributed by atoms with Crippen molar-refractivity contribution in [3.05, 3.63) is 42.5 Å². The van der Waals surface area contributed by atoms with E-state index >= 15 is 0 Å². The van der Waals surface area contributed by atoms with Crippen molar-refractivity contribution in [2.45, 2.75) is 13.3 Å². The smallest absolute Gasteiger partial charge is 0.241 e. The van der Waals surface area contributed by atoms with Crippen LogP contribution in [0.25, 0.3) is 0 Å². The van der Waals surface area contributed by atoms with E-state index in [-0.39, 0.29) is 29.6 Å². The SMILES string of the molecule is C[C@]12C(=O)N(c3ccccc3)C(=O)[C@@H]1[C@H]1C=C[C@H]2[C@@H]2C[C@@H]12. The maximum Gasteiger partial charge on any atom is 0.241 e. The molecule has 2 bridgehead atoms. The monoisotopic (exact) mass is 279 g/mol. The van der Waals surface area contributed by atoms with Crippen LogP contribution < -0.4 is 4.90 Å². The molecule has 0 spiro atoms. The molecule has 1 aliphatic heterocycles. The Balaban J connectivity index is 1.66. The Morgan fingerprint density at radius 2 is 1.86 bits per heavy atom. The summed E-state index contributed by atoms with van der Waals surface area (Å²) in [6.07, 6.45) is 5.63. The zero-order valence-corrected chi connectivity index (χ0v) is 11.9. The topological polar surface area (TPSA) is 37.4 Å². The zero-order chi connectivity index (χ0) is 14.4. The summed E-state index contributed by atoms with van der Waals surface area (Å²) < 4.78 is 0. The van der Waals surface area contributed by atoms with Gasteiger partial charge in [-0.15, -0.1) is 0 Å².